The molecule has 2 aromatic heterocycles. The number of thiocarbonyl (C=S) groups is 1. The van der Waals surface area contributed by atoms with Crippen molar-refractivity contribution >= 4 is 28.9 Å². The molecule has 8 heteroatoms. The third-order valence-corrected chi connectivity index (χ3v) is 8.06. The summed E-state index contributed by atoms with van der Waals surface area (Å²) in [5, 5.41) is 6.77. The number of para-hydroxylation sites is 1. The summed E-state index contributed by atoms with van der Waals surface area (Å²) >= 11 is 5.79. The number of nitrogens with zero attached hydrogens (tertiary/aromatic N) is 3. The highest BCUT2D eigenvalue weighted by Crippen LogP contribution is 2.42. The number of pyridine rings is 1. The number of benzene rings is 1. The molecule has 1 aliphatic heterocycles. The molecule has 1 saturated carbocycles. The maximum atomic E-state index is 14.0. The second kappa shape index (κ2) is 11.0. The van der Waals surface area contributed by atoms with Crippen molar-refractivity contribution in [1.29, 1.82) is 0 Å². The Labute approximate surface area is 223 Å². The lowest BCUT2D eigenvalue weighted by Crippen LogP contribution is -2.33. The van der Waals surface area contributed by atoms with Crippen LogP contribution >= 0.6 is 12.2 Å². The van der Waals surface area contributed by atoms with Crippen LogP contribution in [0.4, 0.5) is 10.1 Å². The lowest BCUT2D eigenvalue weighted by molar-refractivity contribution is -0.116. The van der Waals surface area contributed by atoms with Crippen molar-refractivity contribution in [2.24, 2.45) is 0 Å². The smallest absolute Gasteiger partial charge is 0.226 e. The van der Waals surface area contributed by atoms with E-state index in [1.807, 2.05) is 18.2 Å². The number of hydrogen-bond acceptors (Lipinski definition) is 3. The number of rotatable bonds is 7. The standard InChI is InChI=1S/C29H34FN5OS/c1-19-18-22(20(2)35(19)21-10-4-3-5-11-21)28-27(25-14-8-9-16-31-25)33-29(37)34(28)17-15-26(36)32-24-13-7-6-12-23(24)30/h6-9,12-14,16,18,21,27-28H,3-5,10-11,15,17H2,1-2H3,(H,32,36)(H,33,37)/t27-,28+/m0/s1. The minimum absolute atomic E-state index is 0.104. The highest BCUT2D eigenvalue weighted by molar-refractivity contribution is 7.80. The Balaban J connectivity index is 1.43. The van der Waals surface area contributed by atoms with Crippen LogP contribution in [0.15, 0.2) is 54.7 Å². The first-order valence-electron chi connectivity index (χ1n) is 13.1. The van der Waals surface area contributed by atoms with Crippen LogP contribution in [-0.4, -0.2) is 32.0 Å². The number of halogens is 1. The molecule has 0 radical (unpaired) electrons. The lowest BCUT2D eigenvalue weighted by Gasteiger charge is -2.29. The van der Waals surface area contributed by atoms with Gasteiger partial charge in [0.05, 0.1) is 23.5 Å². The van der Waals surface area contributed by atoms with Crippen LogP contribution in [-0.2, 0) is 4.79 Å². The third-order valence-electron chi connectivity index (χ3n) is 7.71. The van der Waals surface area contributed by atoms with Crippen LogP contribution < -0.4 is 10.6 Å². The summed E-state index contributed by atoms with van der Waals surface area (Å²) in [7, 11) is 0. The number of carbonyl (C=O) groups excluding carboxylic acids is 1. The first kappa shape index (κ1) is 25.4. The van der Waals surface area contributed by atoms with Gasteiger partial charge in [-0.2, -0.15) is 0 Å². The van der Waals surface area contributed by atoms with Gasteiger partial charge in [0.25, 0.3) is 0 Å². The largest absolute Gasteiger partial charge is 0.352 e. The second-order valence-electron chi connectivity index (χ2n) is 10.1. The highest BCUT2D eigenvalue weighted by Gasteiger charge is 2.41. The van der Waals surface area contributed by atoms with Crippen molar-refractivity contribution in [3.8, 4) is 0 Å². The number of aryl methyl sites for hydroxylation is 1. The summed E-state index contributed by atoms with van der Waals surface area (Å²) in [5.74, 6) is -0.696. The fourth-order valence-corrected chi connectivity index (χ4v) is 6.32. The van der Waals surface area contributed by atoms with Crippen LogP contribution in [0.25, 0.3) is 0 Å². The molecule has 2 aliphatic rings. The van der Waals surface area contributed by atoms with Crippen LogP contribution in [0, 0.1) is 19.7 Å². The maximum absolute atomic E-state index is 14.0. The molecule has 3 aromatic rings. The summed E-state index contributed by atoms with van der Waals surface area (Å²) in [6, 6.07) is 14.7. The van der Waals surface area contributed by atoms with Crippen molar-refractivity contribution in [3.05, 3.63) is 83.2 Å². The number of hydrogen-bond donors (Lipinski definition) is 2. The molecule has 0 unspecified atom stereocenters. The first-order valence-corrected chi connectivity index (χ1v) is 13.6. The van der Waals surface area contributed by atoms with Crippen molar-refractivity contribution in [3.63, 3.8) is 0 Å². The van der Waals surface area contributed by atoms with Crippen molar-refractivity contribution in [2.75, 3.05) is 11.9 Å². The second-order valence-corrected chi connectivity index (χ2v) is 10.5. The molecule has 1 aromatic carbocycles. The fraction of sp³-hybridized carbons (Fsp3) is 0.414. The Hall–Kier alpha value is -3.26. The average Bonchev–Trinajstić information content (AvgIpc) is 3.39. The van der Waals surface area contributed by atoms with E-state index in [0.29, 0.717) is 17.7 Å². The topological polar surface area (TPSA) is 62.2 Å². The van der Waals surface area contributed by atoms with Gasteiger partial charge in [-0.25, -0.2) is 4.39 Å². The van der Waals surface area contributed by atoms with Gasteiger partial charge in [-0.1, -0.05) is 37.5 Å². The SMILES string of the molecule is Cc1cc([C@@H]2[C@H](c3ccccn3)NC(=S)N2CCC(=O)Nc2ccccc2F)c(C)n1C1CCCCC1. The van der Waals surface area contributed by atoms with E-state index in [0.717, 1.165) is 5.69 Å². The molecule has 37 heavy (non-hydrogen) atoms. The van der Waals surface area contributed by atoms with E-state index in [1.54, 1.807) is 24.4 Å². The number of anilines is 1. The predicted octanol–water partition coefficient (Wildman–Crippen LogP) is 6.15. The van der Waals surface area contributed by atoms with Gasteiger partial charge in [0.2, 0.25) is 5.91 Å². The van der Waals surface area contributed by atoms with E-state index in [4.69, 9.17) is 12.2 Å². The lowest BCUT2D eigenvalue weighted by atomic mass is 9.94. The maximum Gasteiger partial charge on any atom is 0.226 e. The summed E-state index contributed by atoms with van der Waals surface area (Å²) in [4.78, 5) is 19.5. The fourth-order valence-electron chi connectivity index (χ4n) is 5.99. The predicted molar refractivity (Wildman–Crippen MR) is 148 cm³/mol. The molecule has 1 saturated heterocycles. The van der Waals surface area contributed by atoms with E-state index < -0.39 is 5.82 Å². The van der Waals surface area contributed by atoms with Crippen LogP contribution in [0.5, 0.6) is 0 Å². The van der Waals surface area contributed by atoms with Crippen LogP contribution in [0.1, 0.15) is 79.3 Å². The minimum Gasteiger partial charge on any atom is -0.352 e. The molecule has 1 amide bonds. The Kier molecular flexibility index (Phi) is 7.55. The van der Waals surface area contributed by atoms with Crippen LogP contribution in [0.2, 0.25) is 0 Å². The molecule has 0 spiro atoms. The Bertz CT molecular complexity index is 1270. The molecule has 194 valence electrons. The van der Waals surface area contributed by atoms with Gasteiger partial charge in [0.15, 0.2) is 5.11 Å². The van der Waals surface area contributed by atoms with E-state index in [9.17, 15) is 9.18 Å². The molecule has 0 bridgehead atoms. The Morgan fingerprint density at radius 1 is 1.14 bits per heavy atom. The normalized spacial score (nSPS) is 20.2. The van der Waals surface area contributed by atoms with E-state index in [-0.39, 0.29) is 30.1 Å². The Morgan fingerprint density at radius 2 is 1.89 bits per heavy atom. The zero-order valence-electron chi connectivity index (χ0n) is 21.4. The van der Waals surface area contributed by atoms with E-state index >= 15 is 0 Å². The van der Waals surface area contributed by atoms with Crippen molar-refractivity contribution < 1.29 is 9.18 Å². The van der Waals surface area contributed by atoms with Gasteiger partial charge in [0, 0.05) is 36.6 Å². The summed E-state index contributed by atoms with van der Waals surface area (Å²) < 4.78 is 16.6. The van der Waals surface area contributed by atoms with Gasteiger partial charge in [-0.05, 0) is 74.8 Å². The summed E-state index contributed by atoms with van der Waals surface area (Å²) in [6.07, 6.45) is 8.25. The molecular formula is C29H34FN5OS. The first-order chi connectivity index (χ1) is 17.9. The van der Waals surface area contributed by atoms with Crippen molar-refractivity contribution in [2.45, 2.75) is 70.5 Å². The summed E-state index contributed by atoms with van der Waals surface area (Å²) in [6.45, 7) is 4.80. The van der Waals surface area contributed by atoms with Gasteiger partial charge in [-0.3, -0.25) is 9.78 Å². The zero-order chi connectivity index (χ0) is 25.9. The summed E-state index contributed by atoms with van der Waals surface area (Å²) in [5.41, 5.74) is 4.82. The van der Waals surface area contributed by atoms with Gasteiger partial charge >= 0.3 is 0 Å². The highest BCUT2D eigenvalue weighted by atomic mass is 32.1. The molecular weight excluding hydrogens is 485 g/mol. The average molecular weight is 520 g/mol. The van der Waals surface area contributed by atoms with Crippen LogP contribution in [0.3, 0.4) is 0 Å². The van der Waals surface area contributed by atoms with Gasteiger partial charge < -0.3 is 20.1 Å². The third kappa shape index (κ3) is 5.25. The zero-order valence-corrected chi connectivity index (χ0v) is 22.2. The number of nitrogens with one attached hydrogen (secondary N) is 2. The van der Waals surface area contributed by atoms with Crippen molar-refractivity contribution in [1.82, 2.24) is 19.8 Å². The molecule has 1 aliphatic carbocycles. The van der Waals surface area contributed by atoms with Gasteiger partial charge in [-0.15, -0.1) is 0 Å². The monoisotopic (exact) mass is 519 g/mol. The molecule has 2 N–H and O–H groups in total. The van der Waals surface area contributed by atoms with Gasteiger partial charge in [0.1, 0.15) is 5.82 Å². The molecule has 6 nitrogen and oxygen atoms in total. The molecule has 2 fully saturated rings. The van der Waals surface area contributed by atoms with E-state index in [1.165, 1.54) is 55.1 Å². The van der Waals surface area contributed by atoms with E-state index in [2.05, 4.69) is 45.0 Å². The minimum atomic E-state index is -0.447. The Morgan fingerprint density at radius 3 is 2.62 bits per heavy atom. The number of carbonyl (C=O) groups is 1. The number of amides is 1. The quantitative estimate of drug-likeness (QED) is 0.367. The molecule has 5 rings (SSSR count). The molecule has 3 heterocycles. The molecule has 2 atom stereocenters. The number of aromatic nitrogens is 2.